The van der Waals surface area contributed by atoms with Crippen LogP contribution in [0.2, 0.25) is 0 Å². The number of oxime groups is 1. The predicted molar refractivity (Wildman–Crippen MR) is 127 cm³/mol. The van der Waals surface area contributed by atoms with Gasteiger partial charge in [0.1, 0.15) is 31.0 Å². The second-order valence-corrected chi connectivity index (χ2v) is 7.47. The number of nitrogens with zero attached hydrogens (tertiary/aromatic N) is 1. The number of hydrogen-bond donors (Lipinski definition) is 0. The van der Waals surface area contributed by atoms with Crippen LogP contribution in [0.25, 0.3) is 0 Å². The average Bonchev–Trinajstić information content (AvgIpc) is 2.75. The van der Waals surface area contributed by atoms with E-state index < -0.39 is 0 Å². The maximum atomic E-state index is 6.01. The molecule has 0 aliphatic carbocycles. The molecule has 0 atom stereocenters. The smallest absolute Gasteiger partial charge is 0.125 e. The maximum absolute atomic E-state index is 6.01. The molecule has 0 aromatic heterocycles. The number of aryl methyl sites for hydroxylation is 3. The van der Waals surface area contributed by atoms with Gasteiger partial charge in [0.25, 0.3) is 0 Å². The third-order valence-electron chi connectivity index (χ3n) is 4.77. The standard InChI is InChI=1S/C26H35NO4/c1-6-7-15-30-25-18-20(2)26(21(3)19-25)31-17-8-16-29-24-13-11-23(12-14-24)10-9-22(4)27-28-5/h6-7,11-14,18-19H,8-10,15-17H2,1-5H3/b7-6+,27-22?. The van der Waals surface area contributed by atoms with Crippen molar-refractivity contribution in [1.82, 2.24) is 0 Å². The van der Waals surface area contributed by atoms with Crippen molar-refractivity contribution in [2.75, 3.05) is 26.9 Å². The fourth-order valence-corrected chi connectivity index (χ4v) is 3.16. The Balaban J connectivity index is 1.72. The summed E-state index contributed by atoms with van der Waals surface area (Å²) in [5.41, 5.74) is 4.41. The van der Waals surface area contributed by atoms with E-state index in [4.69, 9.17) is 19.0 Å². The minimum absolute atomic E-state index is 0.579. The molecule has 2 rings (SSSR count). The first-order chi connectivity index (χ1) is 15.0. The van der Waals surface area contributed by atoms with Gasteiger partial charge in [-0.05, 0) is 81.5 Å². The number of ether oxygens (including phenoxy) is 3. The lowest BCUT2D eigenvalue weighted by atomic mass is 10.1. The summed E-state index contributed by atoms with van der Waals surface area (Å²) in [6.45, 7) is 9.85. The first-order valence-electron chi connectivity index (χ1n) is 10.8. The van der Waals surface area contributed by atoms with Crippen molar-refractivity contribution in [1.29, 1.82) is 0 Å². The molecule has 5 nitrogen and oxygen atoms in total. The summed E-state index contributed by atoms with van der Waals surface area (Å²) in [5.74, 6) is 2.67. The summed E-state index contributed by atoms with van der Waals surface area (Å²) in [6.07, 6.45) is 6.60. The van der Waals surface area contributed by atoms with Crippen molar-refractivity contribution >= 4 is 5.71 Å². The van der Waals surface area contributed by atoms with E-state index >= 15 is 0 Å². The monoisotopic (exact) mass is 425 g/mol. The number of hydrogen-bond acceptors (Lipinski definition) is 5. The van der Waals surface area contributed by atoms with Gasteiger partial charge in [0.05, 0.1) is 18.9 Å². The van der Waals surface area contributed by atoms with Crippen molar-refractivity contribution < 1.29 is 19.0 Å². The van der Waals surface area contributed by atoms with Gasteiger partial charge in [-0.25, -0.2) is 0 Å². The molecule has 0 saturated carbocycles. The SMILES string of the molecule is C/C=C/COc1cc(C)c(OCCCOc2ccc(CCC(C)=NOC)cc2)c(C)c1. The van der Waals surface area contributed by atoms with Gasteiger partial charge in [-0.1, -0.05) is 29.4 Å². The van der Waals surface area contributed by atoms with E-state index in [0.717, 1.165) is 53.3 Å². The molecule has 0 amide bonds. The zero-order chi connectivity index (χ0) is 22.5. The van der Waals surface area contributed by atoms with Crippen molar-refractivity contribution in [3.8, 4) is 17.2 Å². The van der Waals surface area contributed by atoms with Crippen molar-refractivity contribution in [2.45, 2.75) is 47.0 Å². The average molecular weight is 426 g/mol. The van der Waals surface area contributed by atoms with Crippen LogP contribution in [0.15, 0.2) is 53.7 Å². The van der Waals surface area contributed by atoms with E-state index in [1.165, 1.54) is 5.56 Å². The van der Waals surface area contributed by atoms with Crippen LogP contribution in [0.1, 0.15) is 43.4 Å². The first-order valence-corrected chi connectivity index (χ1v) is 10.8. The highest BCUT2D eigenvalue weighted by atomic mass is 16.6. The van der Waals surface area contributed by atoms with Gasteiger partial charge in [0.2, 0.25) is 0 Å². The molecule has 0 radical (unpaired) electrons. The van der Waals surface area contributed by atoms with E-state index in [2.05, 4.69) is 17.3 Å². The van der Waals surface area contributed by atoms with Crippen LogP contribution in [0.3, 0.4) is 0 Å². The Morgan fingerprint density at radius 1 is 0.935 bits per heavy atom. The van der Waals surface area contributed by atoms with Crippen molar-refractivity contribution in [2.24, 2.45) is 5.16 Å². The largest absolute Gasteiger partial charge is 0.493 e. The Bertz CT molecular complexity index is 833. The predicted octanol–water partition coefficient (Wildman–Crippen LogP) is 6.06. The molecule has 2 aromatic carbocycles. The Labute approximate surface area is 186 Å². The van der Waals surface area contributed by atoms with E-state index in [1.54, 1.807) is 7.11 Å². The zero-order valence-corrected chi connectivity index (χ0v) is 19.4. The van der Waals surface area contributed by atoms with Gasteiger partial charge in [-0.15, -0.1) is 0 Å². The molecule has 0 aliphatic heterocycles. The molecular formula is C26H35NO4. The van der Waals surface area contributed by atoms with E-state index in [-0.39, 0.29) is 0 Å². The quantitative estimate of drug-likeness (QED) is 0.169. The molecule has 0 bridgehead atoms. The molecule has 168 valence electrons. The van der Waals surface area contributed by atoms with Crippen LogP contribution in [0.5, 0.6) is 17.2 Å². The Morgan fingerprint density at radius 3 is 2.26 bits per heavy atom. The third kappa shape index (κ3) is 8.75. The highest BCUT2D eigenvalue weighted by Gasteiger charge is 2.07. The fraction of sp³-hybridized carbons (Fsp3) is 0.423. The maximum Gasteiger partial charge on any atom is 0.125 e. The molecule has 2 aromatic rings. The molecule has 5 heteroatoms. The molecular weight excluding hydrogens is 390 g/mol. The molecule has 0 spiro atoms. The van der Waals surface area contributed by atoms with Gasteiger partial charge >= 0.3 is 0 Å². The second kappa shape index (κ2) is 13.4. The lowest BCUT2D eigenvalue weighted by molar-refractivity contribution is 0.212. The van der Waals surface area contributed by atoms with Crippen LogP contribution in [-0.4, -0.2) is 32.6 Å². The van der Waals surface area contributed by atoms with E-state index in [0.29, 0.717) is 19.8 Å². The van der Waals surface area contributed by atoms with Gasteiger partial charge in [0.15, 0.2) is 0 Å². The number of rotatable bonds is 13. The summed E-state index contributed by atoms with van der Waals surface area (Å²) in [5, 5.41) is 3.94. The molecule has 0 saturated heterocycles. The van der Waals surface area contributed by atoms with E-state index in [1.807, 2.05) is 64.1 Å². The Hall–Kier alpha value is -2.95. The highest BCUT2D eigenvalue weighted by molar-refractivity contribution is 5.81. The normalized spacial score (nSPS) is 11.6. The summed E-state index contributed by atoms with van der Waals surface area (Å²) >= 11 is 0. The topological polar surface area (TPSA) is 49.3 Å². The summed E-state index contributed by atoms with van der Waals surface area (Å²) < 4.78 is 17.6. The van der Waals surface area contributed by atoms with Gasteiger partial charge in [-0.2, -0.15) is 0 Å². The van der Waals surface area contributed by atoms with Gasteiger partial charge in [-0.3, -0.25) is 0 Å². The van der Waals surface area contributed by atoms with Gasteiger partial charge < -0.3 is 19.0 Å². The summed E-state index contributed by atoms with van der Waals surface area (Å²) in [4.78, 5) is 4.79. The lowest BCUT2D eigenvalue weighted by Gasteiger charge is -2.14. The molecule has 0 N–H and O–H groups in total. The molecule has 0 unspecified atom stereocenters. The van der Waals surface area contributed by atoms with Crippen LogP contribution in [0.4, 0.5) is 0 Å². The fourth-order valence-electron chi connectivity index (χ4n) is 3.16. The molecule has 0 aliphatic rings. The second-order valence-electron chi connectivity index (χ2n) is 7.47. The van der Waals surface area contributed by atoms with E-state index in [9.17, 15) is 0 Å². The zero-order valence-electron chi connectivity index (χ0n) is 19.4. The van der Waals surface area contributed by atoms with Crippen LogP contribution >= 0.6 is 0 Å². The Kier molecular flexibility index (Phi) is 10.5. The minimum Gasteiger partial charge on any atom is -0.493 e. The molecule has 0 heterocycles. The lowest BCUT2D eigenvalue weighted by Crippen LogP contribution is -2.07. The summed E-state index contributed by atoms with van der Waals surface area (Å²) in [6, 6.07) is 12.3. The number of benzene rings is 2. The molecule has 31 heavy (non-hydrogen) atoms. The Morgan fingerprint density at radius 2 is 1.61 bits per heavy atom. The first kappa shape index (κ1) is 24.3. The third-order valence-corrected chi connectivity index (χ3v) is 4.77. The molecule has 0 fully saturated rings. The number of allylic oxidation sites excluding steroid dienone is 1. The highest BCUT2D eigenvalue weighted by Crippen LogP contribution is 2.28. The van der Waals surface area contributed by atoms with Crippen LogP contribution in [-0.2, 0) is 11.3 Å². The van der Waals surface area contributed by atoms with Crippen LogP contribution in [0, 0.1) is 13.8 Å². The summed E-state index contributed by atoms with van der Waals surface area (Å²) in [7, 11) is 1.57. The minimum atomic E-state index is 0.579. The van der Waals surface area contributed by atoms with Gasteiger partial charge in [0, 0.05) is 6.42 Å². The van der Waals surface area contributed by atoms with Crippen molar-refractivity contribution in [3.63, 3.8) is 0 Å². The van der Waals surface area contributed by atoms with Crippen LogP contribution < -0.4 is 14.2 Å². The van der Waals surface area contributed by atoms with Crippen molar-refractivity contribution in [3.05, 3.63) is 65.2 Å².